The van der Waals surface area contributed by atoms with Crippen molar-refractivity contribution in [2.75, 3.05) is 30.0 Å². The second-order valence-corrected chi connectivity index (χ2v) is 7.79. The predicted octanol–water partition coefficient (Wildman–Crippen LogP) is 4.38. The normalized spacial score (nSPS) is 16.8. The van der Waals surface area contributed by atoms with Crippen LogP contribution in [0.25, 0.3) is 0 Å². The van der Waals surface area contributed by atoms with E-state index < -0.39 is 0 Å². The van der Waals surface area contributed by atoms with Gasteiger partial charge in [-0.25, -0.2) is 4.98 Å². The highest BCUT2D eigenvalue weighted by Gasteiger charge is 2.34. The van der Waals surface area contributed by atoms with Crippen molar-refractivity contribution >= 4 is 23.1 Å². The average Bonchev–Trinajstić information content (AvgIpc) is 3.06. The van der Waals surface area contributed by atoms with Gasteiger partial charge in [0.15, 0.2) is 0 Å². The number of aromatic nitrogens is 1. The summed E-state index contributed by atoms with van der Waals surface area (Å²) in [5.41, 5.74) is 4.07. The van der Waals surface area contributed by atoms with Crippen molar-refractivity contribution < 1.29 is 14.3 Å². The third-order valence-electron chi connectivity index (χ3n) is 5.62. The van der Waals surface area contributed by atoms with E-state index in [1.807, 2.05) is 35.4 Å². The van der Waals surface area contributed by atoms with Gasteiger partial charge in [0.2, 0.25) is 5.91 Å². The third-order valence-corrected chi connectivity index (χ3v) is 5.62. The Bertz CT molecular complexity index is 878. The highest BCUT2D eigenvalue weighted by atomic mass is 16.5. The van der Waals surface area contributed by atoms with Gasteiger partial charge in [-0.05, 0) is 49.9 Å². The van der Waals surface area contributed by atoms with Crippen LogP contribution < -0.4 is 15.0 Å². The van der Waals surface area contributed by atoms with E-state index in [4.69, 9.17) is 9.47 Å². The van der Waals surface area contributed by atoms with Crippen LogP contribution in [0, 0.1) is 6.92 Å². The number of carbonyl (C=O) groups excluding carboxylic acids is 1. The number of amides is 1. The fourth-order valence-corrected chi connectivity index (χ4v) is 3.97. The Kier molecular flexibility index (Phi) is 6.00. The number of hydrogen-bond acceptors (Lipinski definition) is 5. The van der Waals surface area contributed by atoms with Crippen molar-refractivity contribution in [1.29, 1.82) is 0 Å². The summed E-state index contributed by atoms with van der Waals surface area (Å²) in [4.78, 5) is 19.1. The smallest absolute Gasteiger partial charge is 0.231 e. The lowest BCUT2D eigenvalue weighted by Crippen LogP contribution is -2.41. The quantitative estimate of drug-likeness (QED) is 0.705. The molecule has 0 bridgehead atoms. The van der Waals surface area contributed by atoms with Gasteiger partial charge in [-0.2, -0.15) is 0 Å². The number of fused-ring (bicyclic) bond motifs is 1. The zero-order valence-electron chi connectivity index (χ0n) is 17.2. The minimum atomic E-state index is 0.163. The number of rotatable bonds is 7. The molecule has 1 aromatic carbocycles. The SMILES string of the molecule is CCCCOc1ccc(Nc2cc3c(cn2)CC(=O)N3C2CCOCC2)c(C)c1. The Morgan fingerprint density at radius 3 is 2.86 bits per heavy atom. The number of nitrogens with one attached hydrogen (secondary N) is 1. The number of carbonyl (C=O) groups is 1. The summed E-state index contributed by atoms with van der Waals surface area (Å²) in [5, 5.41) is 3.41. The maximum Gasteiger partial charge on any atom is 0.231 e. The van der Waals surface area contributed by atoms with E-state index in [1.54, 1.807) is 0 Å². The minimum absolute atomic E-state index is 0.163. The molecule has 0 radical (unpaired) electrons. The number of ether oxygens (including phenoxy) is 2. The first kappa shape index (κ1) is 19.7. The first-order valence-corrected chi connectivity index (χ1v) is 10.5. The molecule has 29 heavy (non-hydrogen) atoms. The second kappa shape index (κ2) is 8.82. The van der Waals surface area contributed by atoms with Crippen molar-refractivity contribution in [3.63, 3.8) is 0 Å². The first-order valence-electron chi connectivity index (χ1n) is 10.5. The van der Waals surface area contributed by atoms with E-state index in [0.717, 1.165) is 66.4 Å². The first-order chi connectivity index (χ1) is 14.2. The van der Waals surface area contributed by atoms with Gasteiger partial charge in [-0.15, -0.1) is 0 Å². The molecule has 1 N–H and O–H groups in total. The van der Waals surface area contributed by atoms with Crippen molar-refractivity contribution in [3.8, 4) is 5.75 Å². The lowest BCUT2D eigenvalue weighted by atomic mass is 10.1. The Balaban J connectivity index is 1.51. The number of aryl methyl sites for hydroxylation is 1. The van der Waals surface area contributed by atoms with E-state index in [9.17, 15) is 4.79 Å². The molecule has 1 saturated heterocycles. The highest BCUT2D eigenvalue weighted by molar-refractivity contribution is 6.02. The van der Waals surface area contributed by atoms with Crippen LogP contribution in [0.5, 0.6) is 5.75 Å². The molecule has 6 nitrogen and oxygen atoms in total. The molecule has 1 amide bonds. The number of anilines is 3. The minimum Gasteiger partial charge on any atom is -0.494 e. The molecule has 1 fully saturated rings. The van der Waals surface area contributed by atoms with E-state index in [2.05, 4.69) is 24.1 Å². The standard InChI is InChI=1S/C23H29N3O3/c1-3-4-9-29-19-5-6-20(16(2)12-19)25-22-14-21-17(15-24-22)13-23(27)26(21)18-7-10-28-11-8-18/h5-6,12,14-15,18H,3-4,7-11,13H2,1-2H3,(H,24,25). The summed E-state index contributed by atoms with van der Waals surface area (Å²) in [6.45, 7) is 6.38. The topological polar surface area (TPSA) is 63.7 Å². The summed E-state index contributed by atoms with van der Waals surface area (Å²) < 4.78 is 11.3. The molecular weight excluding hydrogens is 366 g/mol. The molecule has 6 heteroatoms. The van der Waals surface area contributed by atoms with Crippen LogP contribution in [0.1, 0.15) is 43.7 Å². The lowest BCUT2D eigenvalue weighted by molar-refractivity contribution is -0.118. The molecule has 3 heterocycles. The Morgan fingerprint density at radius 1 is 1.28 bits per heavy atom. The number of pyridine rings is 1. The van der Waals surface area contributed by atoms with Crippen molar-refractivity contribution in [1.82, 2.24) is 4.98 Å². The van der Waals surface area contributed by atoms with E-state index in [1.165, 1.54) is 0 Å². The zero-order valence-corrected chi connectivity index (χ0v) is 17.2. The molecule has 0 spiro atoms. The number of benzene rings is 1. The van der Waals surface area contributed by atoms with Crippen LogP contribution in [0.3, 0.4) is 0 Å². The molecular formula is C23H29N3O3. The molecule has 0 saturated carbocycles. The Morgan fingerprint density at radius 2 is 2.10 bits per heavy atom. The number of hydrogen-bond donors (Lipinski definition) is 1. The maximum absolute atomic E-state index is 12.6. The molecule has 2 aliphatic rings. The van der Waals surface area contributed by atoms with Crippen LogP contribution in [0.15, 0.2) is 30.5 Å². The Labute approximate surface area is 172 Å². The second-order valence-electron chi connectivity index (χ2n) is 7.79. The van der Waals surface area contributed by atoms with Crippen LogP contribution in [-0.4, -0.2) is 36.8 Å². The number of nitrogens with zero attached hydrogens (tertiary/aromatic N) is 2. The van der Waals surface area contributed by atoms with E-state index in [0.29, 0.717) is 19.6 Å². The van der Waals surface area contributed by atoms with E-state index >= 15 is 0 Å². The molecule has 154 valence electrons. The van der Waals surface area contributed by atoms with Gasteiger partial charge in [-0.3, -0.25) is 4.79 Å². The molecule has 2 aromatic rings. The monoisotopic (exact) mass is 395 g/mol. The fourth-order valence-electron chi connectivity index (χ4n) is 3.97. The fraction of sp³-hybridized carbons (Fsp3) is 0.478. The predicted molar refractivity (Wildman–Crippen MR) is 114 cm³/mol. The lowest BCUT2D eigenvalue weighted by Gasteiger charge is -2.31. The van der Waals surface area contributed by atoms with Gasteiger partial charge >= 0.3 is 0 Å². The van der Waals surface area contributed by atoms with Gasteiger partial charge in [-0.1, -0.05) is 13.3 Å². The number of unbranched alkanes of at least 4 members (excludes halogenated alkanes) is 1. The average molecular weight is 396 g/mol. The maximum atomic E-state index is 12.6. The van der Waals surface area contributed by atoms with Crippen molar-refractivity contribution in [3.05, 3.63) is 41.6 Å². The van der Waals surface area contributed by atoms with Gasteiger partial charge in [0.25, 0.3) is 0 Å². The van der Waals surface area contributed by atoms with Crippen molar-refractivity contribution in [2.45, 2.75) is 52.0 Å². The molecule has 2 aliphatic heterocycles. The van der Waals surface area contributed by atoms with Crippen molar-refractivity contribution in [2.24, 2.45) is 0 Å². The summed E-state index contributed by atoms with van der Waals surface area (Å²) >= 11 is 0. The van der Waals surface area contributed by atoms with Crippen LogP contribution in [0.2, 0.25) is 0 Å². The summed E-state index contributed by atoms with van der Waals surface area (Å²) in [5.74, 6) is 1.80. The van der Waals surface area contributed by atoms with Gasteiger partial charge in [0.05, 0.1) is 18.7 Å². The van der Waals surface area contributed by atoms with Gasteiger partial charge in [0, 0.05) is 42.8 Å². The summed E-state index contributed by atoms with van der Waals surface area (Å²) in [6.07, 6.45) is 6.20. The van der Waals surface area contributed by atoms with Crippen LogP contribution in [-0.2, 0) is 16.0 Å². The zero-order chi connectivity index (χ0) is 20.2. The van der Waals surface area contributed by atoms with Gasteiger partial charge < -0.3 is 19.7 Å². The van der Waals surface area contributed by atoms with E-state index in [-0.39, 0.29) is 11.9 Å². The van der Waals surface area contributed by atoms with Gasteiger partial charge in [0.1, 0.15) is 11.6 Å². The molecule has 4 rings (SSSR count). The Hall–Kier alpha value is -2.60. The summed E-state index contributed by atoms with van der Waals surface area (Å²) in [7, 11) is 0. The molecule has 0 unspecified atom stereocenters. The highest BCUT2D eigenvalue weighted by Crippen LogP contribution is 2.35. The molecule has 0 atom stereocenters. The van der Waals surface area contributed by atoms with Crippen LogP contribution in [0.4, 0.5) is 17.2 Å². The largest absolute Gasteiger partial charge is 0.494 e. The van der Waals surface area contributed by atoms with Crippen LogP contribution >= 0.6 is 0 Å². The third kappa shape index (κ3) is 4.37. The molecule has 0 aliphatic carbocycles. The molecule has 1 aromatic heterocycles. The summed E-state index contributed by atoms with van der Waals surface area (Å²) in [6, 6.07) is 8.27.